The molecule has 1 atom stereocenters. The Morgan fingerprint density at radius 1 is 1.13 bits per heavy atom. The van der Waals surface area contributed by atoms with Crippen LogP contribution in [0.25, 0.3) is 0 Å². The first kappa shape index (κ1) is 24.2. The highest BCUT2D eigenvalue weighted by Gasteiger charge is 2.26. The van der Waals surface area contributed by atoms with Crippen LogP contribution in [0, 0.1) is 0 Å². The lowest BCUT2D eigenvalue weighted by Gasteiger charge is -2.23. The van der Waals surface area contributed by atoms with Crippen molar-refractivity contribution in [3.8, 4) is 0 Å². The highest BCUT2D eigenvalue weighted by atomic mass is 16.6. The Kier molecular flexibility index (Phi) is 8.84. The summed E-state index contributed by atoms with van der Waals surface area (Å²) >= 11 is 0. The number of carbonyl (C=O) groups is 4. The molecule has 9 nitrogen and oxygen atoms in total. The highest BCUT2D eigenvalue weighted by molar-refractivity contribution is 6.01. The Labute approximate surface area is 182 Å². The lowest BCUT2D eigenvalue weighted by Crippen LogP contribution is -2.47. The Morgan fingerprint density at radius 3 is 2.58 bits per heavy atom. The average molecular weight is 433 g/mol. The molecule has 1 fully saturated rings. The van der Waals surface area contributed by atoms with Gasteiger partial charge in [-0.05, 0) is 58.2 Å². The monoisotopic (exact) mass is 432 g/mol. The van der Waals surface area contributed by atoms with Crippen LogP contribution in [0.15, 0.2) is 24.3 Å². The number of alkyl carbamates (subject to hydrolysis) is 1. The van der Waals surface area contributed by atoms with Gasteiger partial charge in [-0.25, -0.2) is 4.79 Å². The van der Waals surface area contributed by atoms with Crippen molar-refractivity contribution in [2.45, 2.75) is 70.9 Å². The summed E-state index contributed by atoms with van der Waals surface area (Å²) in [6, 6.07) is 6.64. The summed E-state index contributed by atoms with van der Waals surface area (Å²) in [7, 11) is 0. The Balaban J connectivity index is 1.66. The van der Waals surface area contributed by atoms with Crippen molar-refractivity contribution in [1.82, 2.24) is 10.6 Å². The van der Waals surface area contributed by atoms with Crippen LogP contribution >= 0.6 is 0 Å². The lowest BCUT2D eigenvalue weighted by atomic mass is 10.1. The Morgan fingerprint density at radius 2 is 1.87 bits per heavy atom. The van der Waals surface area contributed by atoms with Crippen LogP contribution in [0.3, 0.4) is 0 Å². The number of rotatable bonds is 9. The second kappa shape index (κ2) is 11.3. The molecule has 0 bridgehead atoms. The molecule has 4 amide bonds. The number of ether oxygens (including phenoxy) is 1. The number of imide groups is 1. The zero-order valence-electron chi connectivity index (χ0n) is 18.4. The van der Waals surface area contributed by atoms with Crippen LogP contribution in [0.4, 0.5) is 16.2 Å². The fourth-order valence-electron chi connectivity index (χ4n) is 3.03. The molecule has 31 heavy (non-hydrogen) atoms. The lowest BCUT2D eigenvalue weighted by molar-refractivity contribution is -0.133. The molecule has 0 radical (unpaired) electrons. The molecule has 1 saturated heterocycles. The summed E-state index contributed by atoms with van der Waals surface area (Å²) in [5, 5.41) is 10.9. The minimum atomic E-state index is -0.517. The molecule has 1 aromatic carbocycles. The molecule has 1 aromatic rings. The first-order valence-corrected chi connectivity index (χ1v) is 10.6. The summed E-state index contributed by atoms with van der Waals surface area (Å²) < 4.78 is 5.16. The molecule has 0 saturated carbocycles. The van der Waals surface area contributed by atoms with E-state index in [-0.39, 0.29) is 17.7 Å². The minimum absolute atomic E-state index is 0.0988. The number of amides is 4. The van der Waals surface area contributed by atoms with Gasteiger partial charge in [-0.2, -0.15) is 0 Å². The molecule has 4 N–H and O–H groups in total. The van der Waals surface area contributed by atoms with E-state index in [9.17, 15) is 19.2 Å². The zero-order valence-corrected chi connectivity index (χ0v) is 18.4. The van der Waals surface area contributed by atoms with E-state index < -0.39 is 17.7 Å². The number of piperidine rings is 1. The number of benzene rings is 1. The number of hydrogen-bond donors (Lipinski definition) is 4. The largest absolute Gasteiger partial charge is 0.444 e. The van der Waals surface area contributed by atoms with Gasteiger partial charge in [0.2, 0.25) is 17.7 Å². The van der Waals surface area contributed by atoms with Crippen molar-refractivity contribution >= 4 is 35.2 Å². The first-order valence-electron chi connectivity index (χ1n) is 10.6. The molecule has 170 valence electrons. The molecular weight excluding hydrogens is 400 g/mol. The van der Waals surface area contributed by atoms with E-state index in [1.807, 2.05) is 20.8 Å². The molecule has 1 aliphatic heterocycles. The summed E-state index contributed by atoms with van der Waals surface area (Å²) in [4.78, 5) is 46.8. The number of anilines is 2. The van der Waals surface area contributed by atoms with Gasteiger partial charge in [0.25, 0.3) is 0 Å². The van der Waals surface area contributed by atoms with E-state index in [0.717, 1.165) is 12.8 Å². The third kappa shape index (κ3) is 9.50. The van der Waals surface area contributed by atoms with E-state index in [0.29, 0.717) is 43.6 Å². The van der Waals surface area contributed by atoms with Gasteiger partial charge in [0.1, 0.15) is 11.6 Å². The van der Waals surface area contributed by atoms with E-state index in [2.05, 4.69) is 21.3 Å². The van der Waals surface area contributed by atoms with E-state index in [1.165, 1.54) is 0 Å². The maximum Gasteiger partial charge on any atom is 0.407 e. The van der Waals surface area contributed by atoms with E-state index in [4.69, 9.17) is 4.74 Å². The van der Waals surface area contributed by atoms with Crippen molar-refractivity contribution in [3.05, 3.63) is 24.3 Å². The summed E-state index contributed by atoms with van der Waals surface area (Å²) in [6.45, 7) is 5.94. The SMILES string of the molecule is CC(C)(C)OC(=O)NCCCCCC(=O)Nc1cccc(NC2CCC(=O)NC2=O)c1. The number of nitrogens with one attached hydrogen (secondary N) is 4. The number of unbranched alkanes of at least 4 members (excludes halogenated alkanes) is 2. The van der Waals surface area contributed by atoms with Crippen molar-refractivity contribution in [2.75, 3.05) is 17.2 Å². The maximum atomic E-state index is 12.2. The summed E-state index contributed by atoms with van der Waals surface area (Å²) in [5.74, 6) is -0.699. The van der Waals surface area contributed by atoms with Crippen molar-refractivity contribution in [3.63, 3.8) is 0 Å². The standard InChI is InChI=1S/C22H32N4O5/c1-22(2,3)31-21(30)23-13-6-4-5-10-18(27)25-16-9-7-8-15(14-16)24-17-11-12-19(28)26-20(17)29/h7-9,14,17,24H,4-6,10-13H2,1-3H3,(H,23,30)(H,25,27)(H,26,28,29). The van der Waals surface area contributed by atoms with Crippen LogP contribution in [0.1, 0.15) is 59.3 Å². The van der Waals surface area contributed by atoms with Gasteiger partial charge in [-0.15, -0.1) is 0 Å². The molecule has 0 aliphatic carbocycles. The molecule has 1 unspecified atom stereocenters. The minimum Gasteiger partial charge on any atom is -0.444 e. The molecule has 1 heterocycles. The molecule has 9 heteroatoms. The molecular formula is C22H32N4O5. The second-order valence-corrected chi connectivity index (χ2v) is 8.52. The fraction of sp³-hybridized carbons (Fsp3) is 0.545. The molecule has 0 spiro atoms. The predicted molar refractivity (Wildman–Crippen MR) is 118 cm³/mol. The Bertz CT molecular complexity index is 803. The third-order valence-corrected chi connectivity index (χ3v) is 4.48. The van der Waals surface area contributed by atoms with Gasteiger partial charge in [0.05, 0.1) is 0 Å². The summed E-state index contributed by atoms with van der Waals surface area (Å²) in [5.41, 5.74) is 0.811. The van der Waals surface area contributed by atoms with Gasteiger partial charge in [-0.1, -0.05) is 12.5 Å². The smallest absolute Gasteiger partial charge is 0.407 e. The third-order valence-electron chi connectivity index (χ3n) is 4.48. The van der Waals surface area contributed by atoms with Gasteiger partial charge in [0, 0.05) is 30.8 Å². The van der Waals surface area contributed by atoms with Crippen molar-refractivity contribution in [2.24, 2.45) is 0 Å². The average Bonchev–Trinajstić information content (AvgIpc) is 2.66. The van der Waals surface area contributed by atoms with Crippen LogP contribution in [0.5, 0.6) is 0 Å². The quantitative estimate of drug-likeness (QED) is 0.351. The van der Waals surface area contributed by atoms with Gasteiger partial charge in [0.15, 0.2) is 0 Å². The molecule has 1 aliphatic rings. The maximum absolute atomic E-state index is 12.2. The van der Waals surface area contributed by atoms with Crippen LogP contribution < -0.4 is 21.3 Å². The second-order valence-electron chi connectivity index (χ2n) is 8.52. The van der Waals surface area contributed by atoms with E-state index >= 15 is 0 Å². The van der Waals surface area contributed by atoms with Gasteiger partial charge >= 0.3 is 6.09 Å². The molecule has 0 aromatic heterocycles. The Hall–Kier alpha value is -3.10. The van der Waals surface area contributed by atoms with Crippen molar-refractivity contribution in [1.29, 1.82) is 0 Å². The normalized spacial score (nSPS) is 16.3. The number of carbonyl (C=O) groups excluding carboxylic acids is 4. The predicted octanol–water partition coefficient (Wildman–Crippen LogP) is 2.93. The first-order chi connectivity index (χ1) is 14.6. The van der Waals surface area contributed by atoms with Crippen LogP contribution in [-0.4, -0.2) is 42.0 Å². The zero-order chi connectivity index (χ0) is 22.9. The van der Waals surface area contributed by atoms with Gasteiger partial charge < -0.3 is 20.7 Å². The fourth-order valence-corrected chi connectivity index (χ4v) is 3.03. The highest BCUT2D eigenvalue weighted by Crippen LogP contribution is 2.19. The van der Waals surface area contributed by atoms with E-state index in [1.54, 1.807) is 24.3 Å². The van der Waals surface area contributed by atoms with Crippen molar-refractivity contribution < 1.29 is 23.9 Å². The number of hydrogen-bond acceptors (Lipinski definition) is 6. The van der Waals surface area contributed by atoms with Crippen LogP contribution in [-0.2, 0) is 19.1 Å². The van der Waals surface area contributed by atoms with Crippen LogP contribution in [0.2, 0.25) is 0 Å². The molecule has 2 rings (SSSR count). The summed E-state index contributed by atoms with van der Waals surface area (Å²) in [6.07, 6.45) is 2.94. The van der Waals surface area contributed by atoms with Gasteiger partial charge in [-0.3, -0.25) is 19.7 Å². The topological polar surface area (TPSA) is 126 Å².